The maximum absolute atomic E-state index is 13.9. The molecule has 0 N–H and O–H groups in total. The second-order valence-electron chi connectivity index (χ2n) is 9.63. The van der Waals surface area contributed by atoms with Crippen molar-refractivity contribution in [2.45, 2.75) is 51.5 Å². The fraction of sp³-hybridized carbons (Fsp3) is 0.393. The van der Waals surface area contributed by atoms with Gasteiger partial charge < -0.3 is 4.74 Å². The van der Waals surface area contributed by atoms with E-state index in [2.05, 4.69) is 5.10 Å². The molecule has 2 aromatic heterocycles. The molecule has 1 saturated heterocycles. The Kier molecular flexibility index (Phi) is 8.01. The summed E-state index contributed by atoms with van der Waals surface area (Å²) >= 11 is 1.42. The van der Waals surface area contributed by atoms with E-state index in [0.29, 0.717) is 54.7 Å². The molecule has 9 nitrogen and oxygen atoms in total. The number of carbonyl (C=O) groups excluding carboxylic acids is 1. The van der Waals surface area contributed by atoms with Crippen molar-refractivity contribution in [1.82, 2.24) is 19.1 Å². The predicted octanol–water partition coefficient (Wildman–Crippen LogP) is 5.03. The second-order valence-corrected chi connectivity index (χ2v) is 12.6. The van der Waals surface area contributed by atoms with E-state index in [1.54, 1.807) is 17.0 Å². The van der Waals surface area contributed by atoms with Gasteiger partial charge >= 0.3 is 0 Å². The first-order chi connectivity index (χ1) is 18.8. The number of rotatable bonds is 9. The lowest BCUT2D eigenvalue weighted by atomic mass is 10.2. The summed E-state index contributed by atoms with van der Waals surface area (Å²) in [6.45, 7) is 8.26. The molecule has 4 aromatic rings. The fourth-order valence-corrected chi connectivity index (χ4v) is 7.38. The van der Waals surface area contributed by atoms with Crippen LogP contribution in [0.25, 0.3) is 10.2 Å². The van der Waals surface area contributed by atoms with Gasteiger partial charge in [0.05, 0.1) is 28.4 Å². The molecule has 0 saturated carbocycles. The fourth-order valence-electron chi connectivity index (χ4n) is 4.86. The van der Waals surface area contributed by atoms with Gasteiger partial charge in [-0.3, -0.25) is 14.4 Å². The zero-order valence-corrected chi connectivity index (χ0v) is 24.1. The van der Waals surface area contributed by atoms with Crippen LogP contribution in [0.5, 0.6) is 5.75 Å². The molecule has 1 amide bonds. The Balaban J connectivity index is 1.46. The summed E-state index contributed by atoms with van der Waals surface area (Å²) < 4.78 is 36.3. The van der Waals surface area contributed by atoms with Crippen molar-refractivity contribution in [2.75, 3.05) is 31.1 Å². The third kappa shape index (κ3) is 5.70. The average molecular weight is 568 g/mol. The number of piperidine rings is 1. The number of aryl methyl sites for hydroxylation is 2. The zero-order chi connectivity index (χ0) is 27.6. The van der Waals surface area contributed by atoms with Gasteiger partial charge in [-0.2, -0.15) is 9.40 Å². The van der Waals surface area contributed by atoms with E-state index in [1.807, 2.05) is 49.7 Å². The Morgan fingerprint density at radius 3 is 2.49 bits per heavy atom. The minimum Gasteiger partial charge on any atom is -0.492 e. The number of hydrogen-bond donors (Lipinski definition) is 0. The van der Waals surface area contributed by atoms with Gasteiger partial charge in [0, 0.05) is 30.9 Å². The largest absolute Gasteiger partial charge is 0.492 e. The Labute approximate surface area is 233 Å². The van der Waals surface area contributed by atoms with Crippen LogP contribution in [0.2, 0.25) is 0 Å². The van der Waals surface area contributed by atoms with Crippen molar-refractivity contribution in [1.29, 1.82) is 0 Å². The quantitative estimate of drug-likeness (QED) is 0.281. The lowest BCUT2D eigenvalue weighted by Gasteiger charge is -2.26. The molecule has 1 fully saturated rings. The standard InChI is InChI=1S/C28H33N5O4S2/c1-4-37-24-9-8-10-25-26(24)29-28(38-25)32(17-18-33-21(3)19-20(2)30-33)27(34)22-11-13-23(14-12-22)39(35,36)31-15-6-5-7-16-31/h8-14,19H,4-7,15-18H2,1-3H3. The number of hydrogen-bond acceptors (Lipinski definition) is 7. The first-order valence-electron chi connectivity index (χ1n) is 13.2. The molecule has 0 aliphatic carbocycles. The van der Waals surface area contributed by atoms with Crippen molar-refractivity contribution in [3.05, 3.63) is 65.5 Å². The maximum Gasteiger partial charge on any atom is 0.260 e. The van der Waals surface area contributed by atoms with E-state index in [0.717, 1.165) is 35.4 Å². The van der Waals surface area contributed by atoms with E-state index in [9.17, 15) is 13.2 Å². The van der Waals surface area contributed by atoms with Crippen molar-refractivity contribution in [3.63, 3.8) is 0 Å². The van der Waals surface area contributed by atoms with Gasteiger partial charge in [0.1, 0.15) is 11.3 Å². The van der Waals surface area contributed by atoms with E-state index >= 15 is 0 Å². The van der Waals surface area contributed by atoms with Gasteiger partial charge in [0.15, 0.2) is 5.13 Å². The SMILES string of the molecule is CCOc1cccc2sc(N(CCn3nc(C)cc3C)C(=O)c3ccc(S(=O)(=O)N4CCCCC4)cc3)nc12. The normalized spacial score (nSPS) is 14.5. The van der Waals surface area contributed by atoms with E-state index < -0.39 is 10.0 Å². The lowest BCUT2D eigenvalue weighted by Crippen LogP contribution is -2.36. The van der Waals surface area contributed by atoms with Crippen molar-refractivity contribution in [3.8, 4) is 5.75 Å². The second kappa shape index (κ2) is 11.4. The highest BCUT2D eigenvalue weighted by molar-refractivity contribution is 7.89. The molecule has 0 unspecified atom stereocenters. The molecule has 0 atom stereocenters. The highest BCUT2D eigenvalue weighted by Gasteiger charge is 2.27. The Hall–Kier alpha value is -3.28. The number of thiazole rings is 1. The van der Waals surface area contributed by atoms with Crippen LogP contribution >= 0.6 is 11.3 Å². The lowest BCUT2D eigenvalue weighted by molar-refractivity contribution is 0.0985. The number of amides is 1. The first-order valence-corrected chi connectivity index (χ1v) is 15.5. The molecule has 1 aliphatic heterocycles. The van der Waals surface area contributed by atoms with Crippen LogP contribution in [-0.2, 0) is 16.6 Å². The van der Waals surface area contributed by atoms with Crippen LogP contribution < -0.4 is 9.64 Å². The maximum atomic E-state index is 13.9. The van der Waals surface area contributed by atoms with Crippen LogP contribution in [-0.4, -0.2) is 59.6 Å². The molecule has 5 rings (SSSR count). The van der Waals surface area contributed by atoms with Crippen molar-refractivity contribution in [2.24, 2.45) is 0 Å². The zero-order valence-electron chi connectivity index (χ0n) is 22.5. The van der Waals surface area contributed by atoms with Crippen molar-refractivity contribution < 1.29 is 17.9 Å². The van der Waals surface area contributed by atoms with Crippen molar-refractivity contribution >= 4 is 42.6 Å². The highest BCUT2D eigenvalue weighted by atomic mass is 32.2. The minimum atomic E-state index is -3.58. The number of sulfonamides is 1. The Morgan fingerprint density at radius 2 is 1.82 bits per heavy atom. The summed E-state index contributed by atoms with van der Waals surface area (Å²) in [5.41, 5.74) is 3.03. The number of nitrogens with zero attached hydrogens (tertiary/aromatic N) is 5. The number of fused-ring (bicyclic) bond motifs is 1. The van der Waals surface area contributed by atoms with E-state index in [-0.39, 0.29) is 10.8 Å². The summed E-state index contributed by atoms with van der Waals surface area (Å²) in [4.78, 5) is 20.5. The Bertz CT molecular complexity index is 1570. The molecule has 39 heavy (non-hydrogen) atoms. The summed E-state index contributed by atoms with van der Waals surface area (Å²) in [5.74, 6) is 0.422. The summed E-state index contributed by atoms with van der Waals surface area (Å²) in [5, 5.41) is 5.09. The molecule has 206 valence electrons. The monoisotopic (exact) mass is 567 g/mol. The van der Waals surface area contributed by atoms with Gasteiger partial charge in [0.25, 0.3) is 5.91 Å². The van der Waals surface area contributed by atoms with Crippen LogP contribution in [0.15, 0.2) is 53.4 Å². The predicted molar refractivity (Wildman–Crippen MR) is 153 cm³/mol. The van der Waals surface area contributed by atoms with Gasteiger partial charge in [-0.05, 0) is 76.1 Å². The summed E-state index contributed by atoms with van der Waals surface area (Å²) in [6.07, 6.45) is 2.78. The van der Waals surface area contributed by atoms with Gasteiger partial charge in [-0.25, -0.2) is 13.4 Å². The molecule has 11 heteroatoms. The molecule has 0 radical (unpaired) electrons. The number of aromatic nitrogens is 3. The third-order valence-corrected chi connectivity index (χ3v) is 9.80. The van der Waals surface area contributed by atoms with Gasteiger partial charge in [-0.15, -0.1) is 0 Å². The number of ether oxygens (including phenoxy) is 1. The third-order valence-electron chi connectivity index (χ3n) is 6.84. The molecule has 3 heterocycles. The van der Waals surface area contributed by atoms with Crippen LogP contribution in [0, 0.1) is 13.8 Å². The van der Waals surface area contributed by atoms with E-state index in [1.165, 1.54) is 27.8 Å². The van der Waals surface area contributed by atoms with Crippen LogP contribution in [0.4, 0.5) is 5.13 Å². The van der Waals surface area contributed by atoms with E-state index in [4.69, 9.17) is 9.72 Å². The number of carbonyl (C=O) groups is 1. The number of para-hydroxylation sites is 1. The summed E-state index contributed by atoms with van der Waals surface area (Å²) in [6, 6.07) is 14.0. The molecule has 0 spiro atoms. The van der Waals surface area contributed by atoms with Gasteiger partial charge in [-0.1, -0.05) is 23.8 Å². The smallest absolute Gasteiger partial charge is 0.260 e. The first kappa shape index (κ1) is 27.3. The minimum absolute atomic E-state index is 0.205. The van der Waals surface area contributed by atoms with Gasteiger partial charge in [0.2, 0.25) is 10.0 Å². The molecular formula is C28H33N5O4S2. The number of anilines is 1. The Morgan fingerprint density at radius 1 is 1.08 bits per heavy atom. The summed E-state index contributed by atoms with van der Waals surface area (Å²) in [7, 11) is -3.58. The van der Waals surface area contributed by atoms with Crippen LogP contribution in [0.1, 0.15) is 47.9 Å². The molecule has 2 aromatic carbocycles. The van der Waals surface area contributed by atoms with Crippen LogP contribution in [0.3, 0.4) is 0 Å². The molecule has 1 aliphatic rings. The highest BCUT2D eigenvalue weighted by Crippen LogP contribution is 2.35. The molecular weight excluding hydrogens is 534 g/mol. The topological polar surface area (TPSA) is 97.6 Å². The molecule has 0 bridgehead atoms. The number of benzene rings is 2. The average Bonchev–Trinajstić information content (AvgIpc) is 3.52.